The molecule has 2 saturated heterocycles. The van der Waals surface area contributed by atoms with Gasteiger partial charge in [-0.2, -0.15) is 0 Å². The van der Waals surface area contributed by atoms with Crippen molar-refractivity contribution in [2.75, 3.05) is 27.3 Å². The van der Waals surface area contributed by atoms with E-state index in [4.69, 9.17) is 42.6 Å². The molecule has 4 aromatic rings. The number of hydrogen-bond donors (Lipinski definition) is 4. The van der Waals surface area contributed by atoms with Crippen LogP contribution in [0.5, 0.6) is 11.8 Å². The number of nitrogens with zero attached hydrogens (tertiary/aromatic N) is 3. The molecule has 2 amide bonds. The second-order valence-corrected chi connectivity index (χ2v) is 12.5. The zero-order valence-electron chi connectivity index (χ0n) is 26.7. The third kappa shape index (κ3) is 7.55. The zero-order valence-corrected chi connectivity index (χ0v) is 28.3. The number of halogens is 2. The first-order valence-corrected chi connectivity index (χ1v) is 16.6. The molecular weight excluding hydrogens is 653 g/mol. The minimum atomic E-state index is 0.0932. The molecule has 3 aromatic heterocycles. The summed E-state index contributed by atoms with van der Waals surface area (Å²) in [5.41, 5.74) is 5.60. The predicted molar refractivity (Wildman–Crippen MR) is 185 cm³/mol. The first-order chi connectivity index (χ1) is 23.3. The molecule has 0 saturated carbocycles. The molecule has 2 aliphatic rings. The quantitative estimate of drug-likeness (QED) is 0.154. The standard InChI is InChI=1S/C35H37Cl2N7O4/c1-47-34-20(16-38-18-22-8-12-29(45)41-22)6-10-27(43-34)24-4-3-5-26(31(24)36)33-32(37)25(14-15-40-33)28-11-7-21(35(44-28)48-2)17-39-19-23-9-13-30(46)42-23/h3-7,10-11,14-15,22-23,38-39H,8-9,12-13,16-19H2,1-2H3,(H,41,45)(H,42,46)/t22-,23-/m0/s1. The van der Waals surface area contributed by atoms with E-state index in [0.29, 0.717) is 94.6 Å². The highest BCUT2D eigenvalue weighted by Gasteiger charge is 2.22. The van der Waals surface area contributed by atoms with Crippen molar-refractivity contribution < 1.29 is 19.1 Å². The van der Waals surface area contributed by atoms with E-state index in [1.165, 1.54) is 0 Å². The Morgan fingerprint density at radius 3 is 1.75 bits per heavy atom. The third-order valence-corrected chi connectivity index (χ3v) is 9.33. The van der Waals surface area contributed by atoms with E-state index in [1.54, 1.807) is 20.4 Å². The predicted octanol–water partition coefficient (Wildman–Crippen LogP) is 4.93. The molecule has 48 heavy (non-hydrogen) atoms. The van der Waals surface area contributed by atoms with E-state index >= 15 is 0 Å². The van der Waals surface area contributed by atoms with Crippen LogP contribution < -0.4 is 30.7 Å². The van der Waals surface area contributed by atoms with Gasteiger partial charge in [0.25, 0.3) is 0 Å². The molecule has 1 aromatic carbocycles. The van der Waals surface area contributed by atoms with Crippen LogP contribution in [-0.2, 0) is 22.7 Å². The fourth-order valence-corrected chi connectivity index (χ4v) is 6.65. The number of carbonyl (C=O) groups is 2. The number of hydrogen-bond acceptors (Lipinski definition) is 9. The summed E-state index contributed by atoms with van der Waals surface area (Å²) in [6, 6.07) is 15.5. The summed E-state index contributed by atoms with van der Waals surface area (Å²) in [7, 11) is 3.17. The Kier molecular flexibility index (Phi) is 10.7. The van der Waals surface area contributed by atoms with Gasteiger partial charge in [0.15, 0.2) is 0 Å². The van der Waals surface area contributed by atoms with E-state index < -0.39 is 0 Å². The van der Waals surface area contributed by atoms with E-state index in [1.807, 2.05) is 48.5 Å². The van der Waals surface area contributed by atoms with Crippen molar-refractivity contribution in [3.8, 4) is 45.5 Å². The molecule has 11 nitrogen and oxygen atoms in total. The van der Waals surface area contributed by atoms with Crippen molar-refractivity contribution >= 4 is 35.0 Å². The van der Waals surface area contributed by atoms with Crippen LogP contribution in [0.4, 0.5) is 0 Å². The second kappa shape index (κ2) is 15.3. The normalized spacial score (nSPS) is 17.3. The minimum Gasteiger partial charge on any atom is -0.481 e. The van der Waals surface area contributed by atoms with Crippen molar-refractivity contribution in [3.05, 3.63) is 75.9 Å². The van der Waals surface area contributed by atoms with Crippen LogP contribution in [0.2, 0.25) is 10.0 Å². The summed E-state index contributed by atoms with van der Waals surface area (Å²) < 4.78 is 11.3. The maximum absolute atomic E-state index is 11.5. The second-order valence-electron chi connectivity index (χ2n) is 11.8. The smallest absolute Gasteiger partial charge is 0.220 e. The average Bonchev–Trinajstić information content (AvgIpc) is 3.72. The number of amides is 2. The monoisotopic (exact) mass is 689 g/mol. The zero-order chi connectivity index (χ0) is 33.6. The Morgan fingerprint density at radius 2 is 1.25 bits per heavy atom. The van der Waals surface area contributed by atoms with Crippen LogP contribution in [0.3, 0.4) is 0 Å². The Morgan fingerprint density at radius 1 is 0.729 bits per heavy atom. The van der Waals surface area contributed by atoms with E-state index in [9.17, 15) is 9.59 Å². The number of rotatable bonds is 13. The first kappa shape index (κ1) is 33.6. The maximum Gasteiger partial charge on any atom is 0.220 e. The van der Waals surface area contributed by atoms with Crippen LogP contribution in [0.25, 0.3) is 33.8 Å². The summed E-state index contributed by atoms with van der Waals surface area (Å²) in [4.78, 5) is 37.1. The lowest BCUT2D eigenvalue weighted by Gasteiger charge is -2.16. The lowest BCUT2D eigenvalue weighted by atomic mass is 10.0. The Balaban J connectivity index is 1.20. The summed E-state index contributed by atoms with van der Waals surface area (Å²) in [5.74, 6) is 1.15. The number of methoxy groups -OCH3 is 2. The summed E-state index contributed by atoms with van der Waals surface area (Å²) in [6.45, 7) is 2.42. The highest BCUT2D eigenvalue weighted by atomic mass is 35.5. The Labute approximate surface area is 289 Å². The number of aromatic nitrogens is 3. The van der Waals surface area contributed by atoms with Crippen LogP contribution in [0, 0.1) is 0 Å². The van der Waals surface area contributed by atoms with Crippen molar-refractivity contribution in [1.82, 2.24) is 36.2 Å². The van der Waals surface area contributed by atoms with Gasteiger partial charge in [-0.15, -0.1) is 0 Å². The van der Waals surface area contributed by atoms with Gasteiger partial charge in [0, 0.05) is 85.1 Å². The number of benzene rings is 1. The number of pyridine rings is 3. The molecule has 5 heterocycles. The van der Waals surface area contributed by atoms with Crippen molar-refractivity contribution in [3.63, 3.8) is 0 Å². The Bertz CT molecular complexity index is 1690. The molecule has 0 unspecified atom stereocenters. The first-order valence-electron chi connectivity index (χ1n) is 15.9. The lowest BCUT2D eigenvalue weighted by molar-refractivity contribution is -0.120. The molecule has 0 aliphatic carbocycles. The van der Waals surface area contributed by atoms with Crippen LogP contribution >= 0.6 is 23.2 Å². The summed E-state index contributed by atoms with van der Waals surface area (Å²) in [6.07, 6.45) is 4.47. The largest absolute Gasteiger partial charge is 0.481 e. The number of nitrogens with one attached hydrogen (secondary N) is 4. The van der Waals surface area contributed by atoms with E-state index in [0.717, 1.165) is 24.0 Å². The van der Waals surface area contributed by atoms with Crippen molar-refractivity contribution in [2.24, 2.45) is 0 Å². The Hall–Kier alpha value is -4.29. The molecule has 2 atom stereocenters. The molecule has 250 valence electrons. The van der Waals surface area contributed by atoms with E-state index in [-0.39, 0.29) is 23.9 Å². The highest BCUT2D eigenvalue weighted by molar-refractivity contribution is 6.39. The SMILES string of the molecule is COc1nc(-c2cccc(-c3nccc(-c4ccc(CNC[C@@H]5CCC(=O)N5)c(OC)n4)c3Cl)c2Cl)ccc1CNC[C@@H]1CCC(=O)N1. The minimum absolute atomic E-state index is 0.0932. The van der Waals surface area contributed by atoms with Gasteiger partial charge in [0.1, 0.15) is 0 Å². The molecule has 0 bridgehead atoms. The highest BCUT2D eigenvalue weighted by Crippen LogP contribution is 2.41. The topological polar surface area (TPSA) is 139 Å². The molecule has 2 fully saturated rings. The molecule has 13 heteroatoms. The average molecular weight is 691 g/mol. The lowest BCUT2D eigenvalue weighted by Crippen LogP contribution is -2.35. The van der Waals surface area contributed by atoms with E-state index in [2.05, 4.69) is 26.3 Å². The molecule has 6 rings (SSSR count). The fraction of sp³-hybridized carbons (Fsp3) is 0.343. The van der Waals surface area contributed by atoms with Crippen LogP contribution in [0.1, 0.15) is 36.8 Å². The molecule has 2 aliphatic heterocycles. The van der Waals surface area contributed by atoms with Gasteiger partial charge in [-0.05, 0) is 31.0 Å². The van der Waals surface area contributed by atoms with Gasteiger partial charge in [-0.25, -0.2) is 9.97 Å². The van der Waals surface area contributed by atoms with Gasteiger partial charge in [-0.1, -0.05) is 53.5 Å². The fourth-order valence-electron chi connectivity index (χ4n) is 6.03. The van der Waals surface area contributed by atoms with Gasteiger partial charge in [0.2, 0.25) is 23.6 Å². The molecule has 4 N–H and O–H groups in total. The van der Waals surface area contributed by atoms with Gasteiger partial charge < -0.3 is 30.7 Å². The molecular formula is C35H37Cl2N7O4. The third-order valence-electron chi connectivity index (χ3n) is 8.54. The number of ether oxygens (including phenoxy) is 2. The van der Waals surface area contributed by atoms with Crippen LogP contribution in [0.15, 0.2) is 54.7 Å². The van der Waals surface area contributed by atoms with Gasteiger partial charge in [-0.3, -0.25) is 14.6 Å². The maximum atomic E-state index is 11.5. The summed E-state index contributed by atoms with van der Waals surface area (Å²) in [5, 5.41) is 13.5. The molecule has 0 radical (unpaired) electrons. The van der Waals surface area contributed by atoms with Crippen LogP contribution in [-0.4, -0.2) is 66.2 Å². The van der Waals surface area contributed by atoms with Crippen molar-refractivity contribution in [1.29, 1.82) is 0 Å². The summed E-state index contributed by atoms with van der Waals surface area (Å²) >= 11 is 14.0. The van der Waals surface area contributed by atoms with Crippen molar-refractivity contribution in [2.45, 2.75) is 50.9 Å². The van der Waals surface area contributed by atoms with Gasteiger partial charge in [0.05, 0.1) is 41.3 Å². The number of carbonyl (C=O) groups excluding carboxylic acids is 2. The molecule has 0 spiro atoms. The van der Waals surface area contributed by atoms with Gasteiger partial charge >= 0.3 is 0 Å².